The van der Waals surface area contributed by atoms with E-state index in [-0.39, 0.29) is 19.4 Å². The standard InChI is InChI=1S/C10H16N2O7/c11-6(3-8(15)16)9(17)12-4-5(10(18)19)1-2-7(13)14/h5-6H,1-4,11H2,(H,12,17)(H,13,14)(H,15,16)(H,18,19)/t5?,6-/m0/s1. The zero-order chi connectivity index (χ0) is 15.0. The maximum atomic E-state index is 11.3. The number of aliphatic carboxylic acids is 3. The van der Waals surface area contributed by atoms with Crippen LogP contribution in [0.3, 0.4) is 0 Å². The fourth-order valence-corrected chi connectivity index (χ4v) is 1.25. The van der Waals surface area contributed by atoms with Crippen LogP contribution in [0.2, 0.25) is 0 Å². The monoisotopic (exact) mass is 276 g/mol. The average molecular weight is 276 g/mol. The molecule has 0 aromatic heterocycles. The highest BCUT2D eigenvalue weighted by atomic mass is 16.4. The molecule has 0 spiro atoms. The van der Waals surface area contributed by atoms with Gasteiger partial charge < -0.3 is 26.4 Å². The van der Waals surface area contributed by atoms with Gasteiger partial charge in [-0.05, 0) is 6.42 Å². The lowest BCUT2D eigenvalue weighted by molar-refractivity contribution is -0.143. The van der Waals surface area contributed by atoms with Crippen molar-refractivity contribution >= 4 is 23.8 Å². The van der Waals surface area contributed by atoms with Gasteiger partial charge in [-0.2, -0.15) is 0 Å². The molecule has 1 unspecified atom stereocenters. The van der Waals surface area contributed by atoms with Crippen LogP contribution in [-0.2, 0) is 19.2 Å². The summed E-state index contributed by atoms with van der Waals surface area (Å²) < 4.78 is 0. The lowest BCUT2D eigenvalue weighted by atomic mass is 10.0. The molecule has 0 radical (unpaired) electrons. The van der Waals surface area contributed by atoms with Crippen molar-refractivity contribution in [3.63, 3.8) is 0 Å². The van der Waals surface area contributed by atoms with E-state index in [1.165, 1.54) is 0 Å². The fourth-order valence-electron chi connectivity index (χ4n) is 1.25. The van der Waals surface area contributed by atoms with Crippen LogP contribution in [0.1, 0.15) is 19.3 Å². The summed E-state index contributed by atoms with van der Waals surface area (Å²) >= 11 is 0. The minimum atomic E-state index is -1.27. The Balaban J connectivity index is 4.24. The number of rotatable bonds is 9. The second kappa shape index (κ2) is 8.03. The van der Waals surface area contributed by atoms with Crippen LogP contribution in [-0.4, -0.2) is 51.7 Å². The van der Waals surface area contributed by atoms with Crippen LogP contribution in [0.4, 0.5) is 0 Å². The third kappa shape index (κ3) is 7.71. The van der Waals surface area contributed by atoms with Crippen molar-refractivity contribution in [3.8, 4) is 0 Å². The Morgan fingerprint density at radius 2 is 1.63 bits per heavy atom. The van der Waals surface area contributed by atoms with E-state index in [2.05, 4.69) is 5.32 Å². The van der Waals surface area contributed by atoms with E-state index in [9.17, 15) is 19.2 Å². The molecule has 0 aliphatic rings. The van der Waals surface area contributed by atoms with Crippen molar-refractivity contribution in [3.05, 3.63) is 0 Å². The Bertz CT molecular complexity index is 369. The molecule has 0 aliphatic heterocycles. The first-order chi connectivity index (χ1) is 8.73. The summed E-state index contributed by atoms with van der Waals surface area (Å²) in [6.07, 6.45) is -1.05. The number of carboxylic acids is 3. The van der Waals surface area contributed by atoms with Gasteiger partial charge in [0.05, 0.1) is 18.4 Å². The lowest BCUT2D eigenvalue weighted by Gasteiger charge is -2.14. The van der Waals surface area contributed by atoms with E-state index in [0.717, 1.165) is 0 Å². The molecule has 2 atom stereocenters. The number of hydrogen-bond acceptors (Lipinski definition) is 5. The second-order valence-electron chi connectivity index (χ2n) is 3.92. The smallest absolute Gasteiger partial charge is 0.308 e. The number of nitrogens with one attached hydrogen (secondary N) is 1. The van der Waals surface area contributed by atoms with Crippen LogP contribution in [0.15, 0.2) is 0 Å². The van der Waals surface area contributed by atoms with Gasteiger partial charge in [-0.25, -0.2) is 0 Å². The van der Waals surface area contributed by atoms with Crippen LogP contribution in [0, 0.1) is 5.92 Å². The van der Waals surface area contributed by atoms with Gasteiger partial charge in [-0.15, -0.1) is 0 Å². The predicted octanol–water partition coefficient (Wildman–Crippen LogP) is -1.53. The Morgan fingerprint density at radius 3 is 2.05 bits per heavy atom. The zero-order valence-corrected chi connectivity index (χ0v) is 10.0. The summed E-state index contributed by atoms with van der Waals surface area (Å²) in [5.74, 6) is -5.47. The van der Waals surface area contributed by atoms with Crippen LogP contribution < -0.4 is 11.1 Å². The van der Waals surface area contributed by atoms with Crippen LogP contribution >= 0.6 is 0 Å². The highest BCUT2D eigenvalue weighted by Gasteiger charge is 2.22. The van der Waals surface area contributed by atoms with Crippen molar-refractivity contribution in [2.75, 3.05) is 6.54 Å². The van der Waals surface area contributed by atoms with Gasteiger partial charge in [-0.1, -0.05) is 0 Å². The lowest BCUT2D eigenvalue weighted by Crippen LogP contribution is -2.44. The molecule has 0 saturated heterocycles. The topological polar surface area (TPSA) is 167 Å². The summed E-state index contributed by atoms with van der Waals surface area (Å²) in [5, 5.41) is 27.9. The van der Waals surface area contributed by atoms with Crippen molar-refractivity contribution in [2.45, 2.75) is 25.3 Å². The van der Waals surface area contributed by atoms with E-state index >= 15 is 0 Å². The second-order valence-corrected chi connectivity index (χ2v) is 3.92. The fraction of sp³-hybridized carbons (Fsp3) is 0.600. The molecule has 108 valence electrons. The summed E-state index contributed by atoms with van der Waals surface area (Å²) in [6, 6.07) is -1.27. The summed E-state index contributed by atoms with van der Waals surface area (Å²) in [6.45, 7) is -0.297. The number of carboxylic acid groups (broad SMARTS) is 3. The predicted molar refractivity (Wildman–Crippen MR) is 61.2 cm³/mol. The summed E-state index contributed by atoms with van der Waals surface area (Å²) in [5.41, 5.74) is 5.27. The molecule has 0 aromatic carbocycles. The number of amides is 1. The van der Waals surface area contributed by atoms with Crippen molar-refractivity contribution in [1.29, 1.82) is 0 Å². The maximum Gasteiger partial charge on any atom is 0.308 e. The molecule has 1 amide bonds. The molecule has 0 aromatic rings. The minimum absolute atomic E-state index is 0.140. The highest BCUT2D eigenvalue weighted by Crippen LogP contribution is 2.06. The van der Waals surface area contributed by atoms with Gasteiger partial charge in [-0.3, -0.25) is 19.2 Å². The maximum absolute atomic E-state index is 11.3. The molecule has 0 heterocycles. The van der Waals surface area contributed by atoms with Gasteiger partial charge in [0.15, 0.2) is 0 Å². The Hall–Kier alpha value is -2.16. The van der Waals surface area contributed by atoms with E-state index in [1.54, 1.807) is 0 Å². The van der Waals surface area contributed by atoms with E-state index in [1.807, 2.05) is 0 Å². The van der Waals surface area contributed by atoms with Crippen LogP contribution in [0.25, 0.3) is 0 Å². The summed E-state index contributed by atoms with van der Waals surface area (Å²) in [7, 11) is 0. The molecule has 0 fully saturated rings. The van der Waals surface area contributed by atoms with Gasteiger partial charge in [0.2, 0.25) is 5.91 Å². The minimum Gasteiger partial charge on any atom is -0.481 e. The molecule has 19 heavy (non-hydrogen) atoms. The first kappa shape index (κ1) is 16.8. The molecule has 9 heteroatoms. The quantitative estimate of drug-likeness (QED) is 0.338. The average Bonchev–Trinajstić information content (AvgIpc) is 2.26. The van der Waals surface area contributed by atoms with Crippen molar-refractivity contribution in [1.82, 2.24) is 5.32 Å². The molecular weight excluding hydrogens is 260 g/mol. The molecule has 0 saturated carbocycles. The number of carbonyl (C=O) groups is 4. The Labute approximate surface area is 108 Å². The molecule has 0 bridgehead atoms. The number of carbonyl (C=O) groups excluding carboxylic acids is 1. The zero-order valence-electron chi connectivity index (χ0n) is 10.0. The van der Waals surface area contributed by atoms with E-state index < -0.39 is 42.2 Å². The number of hydrogen-bond donors (Lipinski definition) is 5. The number of nitrogens with two attached hydrogens (primary N) is 1. The molecule has 0 rings (SSSR count). The van der Waals surface area contributed by atoms with Gasteiger partial charge in [0.1, 0.15) is 0 Å². The first-order valence-corrected chi connectivity index (χ1v) is 5.43. The van der Waals surface area contributed by atoms with Crippen molar-refractivity contribution in [2.24, 2.45) is 11.7 Å². The SMILES string of the molecule is N[C@@H](CC(=O)O)C(=O)NCC(CCC(=O)O)C(=O)O. The van der Waals surface area contributed by atoms with Crippen LogP contribution in [0.5, 0.6) is 0 Å². The van der Waals surface area contributed by atoms with E-state index in [4.69, 9.17) is 21.1 Å². The molecule has 9 nitrogen and oxygen atoms in total. The van der Waals surface area contributed by atoms with E-state index in [0.29, 0.717) is 0 Å². The normalized spacial score (nSPS) is 13.3. The highest BCUT2D eigenvalue weighted by molar-refractivity contribution is 5.86. The molecule has 0 aliphatic carbocycles. The third-order valence-electron chi connectivity index (χ3n) is 2.31. The largest absolute Gasteiger partial charge is 0.481 e. The Morgan fingerprint density at radius 1 is 1.05 bits per heavy atom. The van der Waals surface area contributed by atoms with Gasteiger partial charge >= 0.3 is 17.9 Å². The third-order valence-corrected chi connectivity index (χ3v) is 2.31. The van der Waals surface area contributed by atoms with Gasteiger partial charge in [0, 0.05) is 13.0 Å². The molecule has 6 N–H and O–H groups in total. The van der Waals surface area contributed by atoms with Gasteiger partial charge in [0.25, 0.3) is 0 Å². The summed E-state index contributed by atoms with van der Waals surface area (Å²) in [4.78, 5) is 42.8. The van der Waals surface area contributed by atoms with Crippen molar-refractivity contribution < 1.29 is 34.5 Å². The first-order valence-electron chi connectivity index (χ1n) is 5.43. The Kier molecular flexibility index (Phi) is 7.12. The molecular formula is C10H16N2O7.